The zero-order chi connectivity index (χ0) is 18.1. The van der Waals surface area contributed by atoms with Crippen LogP contribution in [0.1, 0.15) is 50.2 Å². The van der Waals surface area contributed by atoms with Crippen LogP contribution in [0.4, 0.5) is 0 Å². The highest BCUT2D eigenvalue weighted by Crippen LogP contribution is 2.67. The molecule has 3 fully saturated rings. The van der Waals surface area contributed by atoms with Gasteiger partial charge in [0.25, 0.3) is 0 Å². The molecule has 4 aliphatic rings. The lowest BCUT2D eigenvalue weighted by Crippen LogP contribution is -2.56. The van der Waals surface area contributed by atoms with Gasteiger partial charge in [0.15, 0.2) is 5.79 Å². The summed E-state index contributed by atoms with van der Waals surface area (Å²) in [6.45, 7) is 6.04. The molecule has 3 aliphatic carbocycles. The largest absolute Gasteiger partial charge is 0.497 e. The third-order valence-electron chi connectivity index (χ3n) is 8.06. The van der Waals surface area contributed by atoms with E-state index in [1.54, 1.807) is 7.11 Å². The van der Waals surface area contributed by atoms with Crippen LogP contribution in [-0.4, -0.2) is 37.3 Å². The van der Waals surface area contributed by atoms with E-state index >= 15 is 0 Å². The maximum Gasteiger partial charge on any atom is 0.174 e. The Balaban J connectivity index is 1.57. The molecule has 1 N–H and O–H groups in total. The minimum atomic E-state index is -0.469. The highest BCUT2D eigenvalue weighted by atomic mass is 16.7. The molecule has 4 heteroatoms. The summed E-state index contributed by atoms with van der Waals surface area (Å²) in [6, 6.07) is 6.41. The van der Waals surface area contributed by atoms with Gasteiger partial charge in [-0.3, -0.25) is 0 Å². The Morgan fingerprint density at radius 1 is 1.23 bits per heavy atom. The molecule has 1 heterocycles. The van der Waals surface area contributed by atoms with Crippen molar-refractivity contribution in [2.24, 2.45) is 23.2 Å². The SMILES string of the molecule is COc1ccc2c(c1)C[C@@H](C)C1C2C(O)CC2(C)C1CCC21OCCO1. The van der Waals surface area contributed by atoms with E-state index in [-0.39, 0.29) is 17.4 Å². The monoisotopic (exact) mass is 358 g/mol. The molecule has 2 saturated carbocycles. The minimum absolute atomic E-state index is 0.0949. The van der Waals surface area contributed by atoms with E-state index in [2.05, 4.69) is 26.0 Å². The fourth-order valence-electron chi connectivity index (χ4n) is 7.01. The molecule has 4 nitrogen and oxygen atoms in total. The second-order valence-corrected chi connectivity index (χ2v) is 9.13. The van der Waals surface area contributed by atoms with Crippen LogP contribution in [0.2, 0.25) is 0 Å². The molecule has 1 saturated heterocycles. The summed E-state index contributed by atoms with van der Waals surface area (Å²) in [5.41, 5.74) is 2.59. The molecular weight excluding hydrogens is 328 g/mol. The van der Waals surface area contributed by atoms with Crippen molar-refractivity contribution in [2.75, 3.05) is 20.3 Å². The van der Waals surface area contributed by atoms with Crippen LogP contribution >= 0.6 is 0 Å². The van der Waals surface area contributed by atoms with E-state index in [9.17, 15) is 5.11 Å². The van der Waals surface area contributed by atoms with Crippen LogP contribution in [0, 0.1) is 23.2 Å². The van der Waals surface area contributed by atoms with Crippen LogP contribution in [0.25, 0.3) is 0 Å². The quantitative estimate of drug-likeness (QED) is 0.835. The van der Waals surface area contributed by atoms with Crippen LogP contribution in [0.15, 0.2) is 18.2 Å². The van der Waals surface area contributed by atoms with Crippen LogP contribution in [0.3, 0.4) is 0 Å². The lowest BCUT2D eigenvalue weighted by Gasteiger charge is -2.56. The van der Waals surface area contributed by atoms with Crippen LogP contribution in [-0.2, 0) is 15.9 Å². The first kappa shape index (κ1) is 17.0. The Bertz CT molecular complexity index is 710. The van der Waals surface area contributed by atoms with E-state index in [0.29, 0.717) is 31.0 Å². The van der Waals surface area contributed by atoms with Gasteiger partial charge in [-0.25, -0.2) is 0 Å². The summed E-state index contributed by atoms with van der Waals surface area (Å²) in [7, 11) is 1.72. The first-order valence-corrected chi connectivity index (χ1v) is 10.1. The molecule has 0 amide bonds. The highest BCUT2D eigenvalue weighted by molar-refractivity contribution is 5.42. The van der Waals surface area contributed by atoms with Gasteiger partial charge in [0.1, 0.15) is 5.75 Å². The minimum Gasteiger partial charge on any atom is -0.497 e. The second-order valence-electron chi connectivity index (χ2n) is 9.13. The molecule has 0 aromatic heterocycles. The smallest absolute Gasteiger partial charge is 0.174 e. The third-order valence-corrected chi connectivity index (χ3v) is 8.06. The molecule has 0 bridgehead atoms. The Kier molecular flexibility index (Phi) is 3.73. The third kappa shape index (κ3) is 2.07. The number of fused-ring (bicyclic) bond motifs is 6. The molecule has 1 spiro atoms. The number of aliphatic hydroxyl groups excluding tert-OH is 1. The average Bonchev–Trinajstić information content (AvgIpc) is 3.21. The number of aliphatic hydroxyl groups is 1. The van der Waals surface area contributed by atoms with Crippen molar-refractivity contribution < 1.29 is 19.3 Å². The van der Waals surface area contributed by atoms with Gasteiger partial charge in [0.2, 0.25) is 0 Å². The van der Waals surface area contributed by atoms with Gasteiger partial charge >= 0.3 is 0 Å². The molecule has 26 heavy (non-hydrogen) atoms. The number of benzene rings is 1. The zero-order valence-corrected chi connectivity index (χ0v) is 16.0. The fraction of sp³-hybridized carbons (Fsp3) is 0.727. The van der Waals surface area contributed by atoms with E-state index in [0.717, 1.165) is 31.4 Å². The predicted molar refractivity (Wildman–Crippen MR) is 98.2 cm³/mol. The first-order chi connectivity index (χ1) is 12.5. The fourth-order valence-corrected chi connectivity index (χ4v) is 7.01. The number of hydrogen-bond acceptors (Lipinski definition) is 4. The van der Waals surface area contributed by atoms with Gasteiger partial charge in [-0.1, -0.05) is 19.9 Å². The Labute approximate surface area is 155 Å². The summed E-state index contributed by atoms with van der Waals surface area (Å²) in [5, 5.41) is 11.3. The topological polar surface area (TPSA) is 47.9 Å². The number of methoxy groups -OCH3 is 1. The normalized spacial score (nSPS) is 43.0. The van der Waals surface area contributed by atoms with Crippen molar-refractivity contribution in [1.82, 2.24) is 0 Å². The highest BCUT2D eigenvalue weighted by Gasteiger charge is 2.67. The van der Waals surface area contributed by atoms with Crippen molar-refractivity contribution in [3.63, 3.8) is 0 Å². The van der Waals surface area contributed by atoms with E-state index in [1.165, 1.54) is 11.1 Å². The van der Waals surface area contributed by atoms with Crippen LogP contribution in [0.5, 0.6) is 5.75 Å². The molecule has 142 valence electrons. The molecule has 1 aromatic carbocycles. The molecule has 1 aromatic rings. The van der Waals surface area contributed by atoms with Crippen molar-refractivity contribution in [2.45, 2.75) is 57.3 Å². The molecule has 5 rings (SSSR count). The van der Waals surface area contributed by atoms with Gasteiger partial charge in [-0.2, -0.15) is 0 Å². The lowest BCUT2D eigenvalue weighted by atomic mass is 9.51. The number of ether oxygens (including phenoxy) is 3. The standard InChI is InChI=1S/C22H30O4/c1-13-10-14-11-15(24-3)4-5-16(14)20-18(23)12-21(2)17(19(13)20)6-7-22(21)25-8-9-26-22/h4-5,11,13,17-20,23H,6-10,12H2,1-3H3/t13-,17?,18?,19?,20?,21?/m1/s1. The summed E-state index contributed by atoms with van der Waals surface area (Å²) >= 11 is 0. The van der Waals surface area contributed by atoms with Gasteiger partial charge in [0, 0.05) is 17.8 Å². The van der Waals surface area contributed by atoms with Crippen LogP contribution < -0.4 is 4.74 Å². The van der Waals surface area contributed by atoms with Crippen molar-refractivity contribution in [1.29, 1.82) is 0 Å². The second kappa shape index (κ2) is 5.70. The molecule has 0 radical (unpaired) electrons. The van der Waals surface area contributed by atoms with Gasteiger partial charge in [0.05, 0.1) is 26.4 Å². The number of hydrogen-bond donors (Lipinski definition) is 1. The summed E-state index contributed by atoms with van der Waals surface area (Å²) < 4.78 is 17.8. The number of rotatable bonds is 1. The Hall–Kier alpha value is -1.10. The Morgan fingerprint density at radius 2 is 2.00 bits per heavy atom. The molecule has 6 atom stereocenters. The van der Waals surface area contributed by atoms with Gasteiger partial charge in [-0.15, -0.1) is 0 Å². The van der Waals surface area contributed by atoms with E-state index < -0.39 is 5.79 Å². The van der Waals surface area contributed by atoms with Crippen molar-refractivity contribution >= 4 is 0 Å². The molecular formula is C22H30O4. The van der Waals surface area contributed by atoms with Gasteiger partial charge < -0.3 is 19.3 Å². The summed E-state index contributed by atoms with van der Waals surface area (Å²) in [5.74, 6) is 2.22. The van der Waals surface area contributed by atoms with E-state index in [1.807, 2.05) is 6.07 Å². The average molecular weight is 358 g/mol. The lowest BCUT2D eigenvalue weighted by molar-refractivity contribution is -0.248. The summed E-state index contributed by atoms with van der Waals surface area (Å²) in [6.07, 6.45) is 3.57. The maximum absolute atomic E-state index is 11.3. The molecule has 5 unspecified atom stereocenters. The van der Waals surface area contributed by atoms with Crippen molar-refractivity contribution in [3.05, 3.63) is 29.3 Å². The summed E-state index contributed by atoms with van der Waals surface area (Å²) in [4.78, 5) is 0. The predicted octanol–water partition coefficient (Wildman–Crippen LogP) is 3.51. The zero-order valence-electron chi connectivity index (χ0n) is 16.0. The van der Waals surface area contributed by atoms with Gasteiger partial charge in [-0.05, 0) is 60.3 Å². The van der Waals surface area contributed by atoms with Crippen molar-refractivity contribution in [3.8, 4) is 5.75 Å². The maximum atomic E-state index is 11.3. The Morgan fingerprint density at radius 3 is 2.73 bits per heavy atom. The van der Waals surface area contributed by atoms with E-state index in [4.69, 9.17) is 14.2 Å². The molecule has 1 aliphatic heterocycles. The first-order valence-electron chi connectivity index (χ1n) is 10.1.